The third-order valence-electron chi connectivity index (χ3n) is 7.89. The molecular weight excluding hydrogens is 438 g/mol. The number of rotatable bonds is 8. The van der Waals surface area contributed by atoms with Gasteiger partial charge in [0, 0.05) is 18.5 Å². The fourth-order valence-corrected chi connectivity index (χ4v) is 6.06. The van der Waals surface area contributed by atoms with Crippen molar-refractivity contribution in [3.8, 4) is 0 Å². The van der Waals surface area contributed by atoms with Gasteiger partial charge in [-0.1, -0.05) is 49.7 Å². The fraction of sp³-hybridized carbons (Fsp3) is 0.500. The highest BCUT2D eigenvalue weighted by atomic mass is 16.5. The number of carbonyl (C=O) groups is 1. The summed E-state index contributed by atoms with van der Waals surface area (Å²) < 4.78 is 0. The molecule has 2 fully saturated rings. The topological polar surface area (TPSA) is 150 Å². The number of nitrogens with one attached hydrogen (secondary N) is 1. The van der Waals surface area contributed by atoms with Crippen LogP contribution in [-0.2, 0) is 6.42 Å². The Morgan fingerprint density at radius 1 is 1.03 bits per heavy atom. The highest BCUT2D eigenvalue weighted by Gasteiger charge is 2.93. The lowest BCUT2D eigenvalue weighted by Gasteiger charge is -2.80. The van der Waals surface area contributed by atoms with E-state index >= 15 is 0 Å². The molecular formula is C26H33NO7. The lowest BCUT2D eigenvalue weighted by atomic mass is 9.30. The van der Waals surface area contributed by atoms with Crippen LogP contribution in [0.15, 0.2) is 48.5 Å². The van der Waals surface area contributed by atoms with Gasteiger partial charge >= 0.3 is 0 Å². The van der Waals surface area contributed by atoms with Crippen LogP contribution in [-0.4, -0.2) is 79.2 Å². The van der Waals surface area contributed by atoms with Gasteiger partial charge in [0.05, 0.1) is 18.6 Å². The number of aliphatic hydroxyl groups excluding tert-OH is 3. The van der Waals surface area contributed by atoms with Crippen LogP contribution in [0.1, 0.15) is 58.6 Å². The minimum atomic E-state index is -2.33. The Hall–Kier alpha value is -2.33. The second-order valence-corrected chi connectivity index (χ2v) is 9.52. The van der Waals surface area contributed by atoms with Gasteiger partial charge < -0.3 is 36.0 Å². The number of aryl methyl sites for hydroxylation is 1. The zero-order valence-corrected chi connectivity index (χ0v) is 19.3. The number of hydrogen-bond donors (Lipinski definition) is 7. The molecule has 7 N–H and O–H groups in total. The Bertz CT molecular complexity index is 1040. The summed E-state index contributed by atoms with van der Waals surface area (Å²) in [6, 6.07) is 13.2. The molecule has 0 bridgehead atoms. The molecule has 184 valence electrons. The number of hydrogen-bond acceptors (Lipinski definition) is 7. The molecule has 0 aromatic heterocycles. The second-order valence-electron chi connectivity index (χ2n) is 9.52. The second kappa shape index (κ2) is 8.71. The van der Waals surface area contributed by atoms with Gasteiger partial charge in [-0.05, 0) is 41.7 Å². The zero-order valence-electron chi connectivity index (χ0n) is 19.3. The molecule has 8 heteroatoms. The predicted octanol–water partition coefficient (Wildman–Crippen LogP) is 0.191. The summed E-state index contributed by atoms with van der Waals surface area (Å²) in [5.41, 5.74) is -4.55. The maximum Gasteiger partial charge on any atom is 0.251 e. The highest BCUT2D eigenvalue weighted by Crippen LogP contribution is 2.75. The van der Waals surface area contributed by atoms with Crippen molar-refractivity contribution in [2.75, 3.05) is 13.7 Å². The van der Waals surface area contributed by atoms with Crippen molar-refractivity contribution >= 4 is 5.91 Å². The van der Waals surface area contributed by atoms with E-state index < -0.39 is 47.5 Å². The maximum absolute atomic E-state index is 11.8. The summed E-state index contributed by atoms with van der Waals surface area (Å²) >= 11 is 0. The van der Waals surface area contributed by atoms with E-state index in [0.29, 0.717) is 16.7 Å². The average Bonchev–Trinajstić information content (AvgIpc) is 2.87. The first-order valence-electron chi connectivity index (χ1n) is 11.7. The van der Waals surface area contributed by atoms with Crippen LogP contribution in [0.2, 0.25) is 0 Å². The Kier molecular flexibility index (Phi) is 6.35. The summed E-state index contributed by atoms with van der Waals surface area (Å²) in [5.74, 6) is -2.69. The van der Waals surface area contributed by atoms with E-state index in [2.05, 4.69) is 12.2 Å². The summed E-state index contributed by atoms with van der Waals surface area (Å²) in [5, 5.41) is 68.7. The fourth-order valence-electron chi connectivity index (χ4n) is 6.06. The van der Waals surface area contributed by atoms with Gasteiger partial charge in [-0.2, -0.15) is 0 Å². The number of benzene rings is 2. The monoisotopic (exact) mass is 471 g/mol. The summed E-state index contributed by atoms with van der Waals surface area (Å²) in [6.07, 6.45) is -0.312. The number of aliphatic hydroxyl groups is 6. The summed E-state index contributed by atoms with van der Waals surface area (Å²) in [7, 11) is 1.50. The maximum atomic E-state index is 11.8. The summed E-state index contributed by atoms with van der Waals surface area (Å²) in [6.45, 7) is 1.24. The number of fused-ring (bicyclic) bond motifs is 1. The Balaban J connectivity index is 1.72. The van der Waals surface area contributed by atoms with Gasteiger partial charge in [0.2, 0.25) is 0 Å². The molecule has 8 nitrogen and oxygen atoms in total. The smallest absolute Gasteiger partial charge is 0.251 e. The average molecular weight is 472 g/mol. The van der Waals surface area contributed by atoms with E-state index in [-0.39, 0.29) is 5.91 Å². The molecule has 2 aliphatic rings. The molecule has 2 saturated carbocycles. The van der Waals surface area contributed by atoms with Gasteiger partial charge in [-0.25, -0.2) is 0 Å². The summed E-state index contributed by atoms with van der Waals surface area (Å²) in [4.78, 5) is 11.8. The standard InChI is InChI=1S/C26H33NO7/c1-3-4-5-15-6-8-17(9-7-15)21-24(32,19(29)14-28)26(34)20(22(30)25(21,26)33)16-10-12-18(13-11-16)23(31)27-2/h6-13,19-22,28-30,32-34H,3-5,14H2,1-2H3,(H,27,31)/t19-,20?,21?,22?,24+,25+,26+/m1/s1. The van der Waals surface area contributed by atoms with Gasteiger partial charge in [0.1, 0.15) is 22.9 Å². The van der Waals surface area contributed by atoms with Crippen LogP contribution < -0.4 is 5.32 Å². The van der Waals surface area contributed by atoms with E-state index in [9.17, 15) is 35.4 Å². The van der Waals surface area contributed by atoms with Crippen LogP contribution in [0.4, 0.5) is 0 Å². The molecule has 3 unspecified atom stereocenters. The van der Waals surface area contributed by atoms with Crippen LogP contribution >= 0.6 is 0 Å². The van der Waals surface area contributed by atoms with Gasteiger partial charge in [0.25, 0.3) is 5.91 Å². The molecule has 2 aromatic rings. The van der Waals surface area contributed by atoms with Crippen molar-refractivity contribution < 1.29 is 35.4 Å². The van der Waals surface area contributed by atoms with Crippen LogP contribution in [0, 0.1) is 0 Å². The van der Waals surface area contributed by atoms with Crippen LogP contribution in [0.25, 0.3) is 0 Å². The van der Waals surface area contributed by atoms with E-state index in [1.54, 1.807) is 12.1 Å². The third kappa shape index (κ3) is 3.03. The number of carbonyl (C=O) groups excluding carboxylic acids is 1. The minimum absolute atomic E-state index is 0.311. The molecule has 2 aromatic carbocycles. The van der Waals surface area contributed by atoms with E-state index in [4.69, 9.17) is 0 Å². The molecule has 0 heterocycles. The van der Waals surface area contributed by atoms with Crippen LogP contribution in [0.3, 0.4) is 0 Å². The van der Waals surface area contributed by atoms with Gasteiger partial charge in [-0.3, -0.25) is 4.79 Å². The largest absolute Gasteiger partial charge is 0.394 e. The molecule has 0 saturated heterocycles. The first-order valence-corrected chi connectivity index (χ1v) is 11.7. The van der Waals surface area contributed by atoms with Crippen molar-refractivity contribution in [1.82, 2.24) is 5.32 Å². The molecule has 0 spiro atoms. The Labute approximate surface area is 198 Å². The van der Waals surface area contributed by atoms with Crippen molar-refractivity contribution in [3.05, 3.63) is 70.8 Å². The van der Waals surface area contributed by atoms with E-state index in [1.807, 2.05) is 12.1 Å². The Morgan fingerprint density at radius 3 is 2.15 bits per heavy atom. The van der Waals surface area contributed by atoms with E-state index in [0.717, 1.165) is 24.8 Å². The quantitative estimate of drug-likeness (QED) is 0.290. The molecule has 1 amide bonds. The minimum Gasteiger partial charge on any atom is -0.394 e. The SMILES string of the molecule is CCCCc1ccc(C2[C@]3(O)C(O)C(c4ccc(C(=O)NC)cc4)[C@]3(O)[C@]2(O)[C@H](O)CO)cc1. The first-order chi connectivity index (χ1) is 16.1. The predicted molar refractivity (Wildman–Crippen MR) is 124 cm³/mol. The first kappa shape index (κ1) is 24.8. The third-order valence-corrected chi connectivity index (χ3v) is 7.89. The molecule has 0 aliphatic heterocycles. The van der Waals surface area contributed by atoms with Crippen molar-refractivity contribution in [1.29, 1.82) is 0 Å². The van der Waals surface area contributed by atoms with Gasteiger partial charge in [-0.15, -0.1) is 0 Å². The van der Waals surface area contributed by atoms with Crippen molar-refractivity contribution in [2.45, 2.75) is 67.0 Å². The molecule has 0 radical (unpaired) electrons. The van der Waals surface area contributed by atoms with E-state index in [1.165, 1.54) is 31.3 Å². The van der Waals surface area contributed by atoms with Crippen LogP contribution in [0.5, 0.6) is 0 Å². The molecule has 7 atom stereocenters. The lowest BCUT2D eigenvalue weighted by molar-refractivity contribution is -0.459. The molecule has 2 aliphatic carbocycles. The molecule has 4 rings (SSSR count). The normalized spacial score (nSPS) is 35.0. The molecule has 34 heavy (non-hydrogen) atoms. The van der Waals surface area contributed by atoms with Gasteiger partial charge in [0.15, 0.2) is 0 Å². The lowest BCUT2D eigenvalue weighted by Crippen LogP contribution is -2.99. The Morgan fingerprint density at radius 2 is 1.62 bits per heavy atom. The highest BCUT2D eigenvalue weighted by molar-refractivity contribution is 5.94. The van der Waals surface area contributed by atoms with Crippen molar-refractivity contribution in [3.63, 3.8) is 0 Å². The van der Waals surface area contributed by atoms with Crippen molar-refractivity contribution in [2.24, 2.45) is 0 Å². The zero-order chi connectivity index (χ0) is 24.9. The number of amides is 1. The number of unbranched alkanes of at least 4 members (excludes halogenated alkanes) is 1.